The van der Waals surface area contributed by atoms with Crippen LogP contribution < -0.4 is 10.5 Å². The number of morpholine rings is 1. The van der Waals surface area contributed by atoms with Gasteiger partial charge in [-0.3, -0.25) is 14.7 Å². The van der Waals surface area contributed by atoms with Crippen molar-refractivity contribution in [2.24, 2.45) is 0 Å². The fourth-order valence-corrected chi connectivity index (χ4v) is 5.27. The Morgan fingerprint density at radius 3 is 2.85 bits per heavy atom. The van der Waals surface area contributed by atoms with Gasteiger partial charge in [-0.2, -0.15) is 0 Å². The molecule has 6 nitrogen and oxygen atoms in total. The Morgan fingerprint density at radius 2 is 2.15 bits per heavy atom. The van der Waals surface area contributed by atoms with Crippen LogP contribution in [0.4, 0.5) is 5.95 Å². The second-order valence-electron chi connectivity index (χ2n) is 7.17. The molecule has 0 bridgehead atoms. The van der Waals surface area contributed by atoms with Crippen molar-refractivity contribution in [2.75, 3.05) is 24.5 Å². The Labute approximate surface area is 165 Å². The lowest BCUT2D eigenvalue weighted by atomic mass is 10.1. The van der Waals surface area contributed by atoms with Crippen molar-refractivity contribution in [3.63, 3.8) is 0 Å². The van der Waals surface area contributed by atoms with Crippen molar-refractivity contribution in [3.05, 3.63) is 42.4 Å². The smallest absolute Gasteiger partial charge is 0.255 e. The van der Waals surface area contributed by atoms with Gasteiger partial charge in [0.1, 0.15) is 0 Å². The number of hydrogen-bond acceptors (Lipinski definition) is 6. The molecule has 2 aromatic heterocycles. The number of anilines is 1. The van der Waals surface area contributed by atoms with E-state index in [2.05, 4.69) is 56.0 Å². The highest BCUT2D eigenvalue weighted by Crippen LogP contribution is 2.24. The van der Waals surface area contributed by atoms with Gasteiger partial charge in [0.25, 0.3) is 5.56 Å². The van der Waals surface area contributed by atoms with E-state index >= 15 is 0 Å². The second kappa shape index (κ2) is 7.42. The zero-order chi connectivity index (χ0) is 18.3. The third-order valence-electron chi connectivity index (χ3n) is 4.86. The van der Waals surface area contributed by atoms with Gasteiger partial charge in [-0.25, -0.2) is 4.98 Å². The number of aromatic amines is 1. The number of H-pyrrole nitrogens is 1. The van der Waals surface area contributed by atoms with Gasteiger partial charge in [-0.15, -0.1) is 11.3 Å². The van der Waals surface area contributed by atoms with Gasteiger partial charge >= 0.3 is 0 Å². The van der Waals surface area contributed by atoms with E-state index in [0.29, 0.717) is 5.95 Å². The Morgan fingerprint density at radius 1 is 1.38 bits per heavy atom. The molecule has 26 heavy (non-hydrogen) atoms. The predicted octanol–water partition coefficient (Wildman–Crippen LogP) is 2.77. The summed E-state index contributed by atoms with van der Waals surface area (Å²) in [6.45, 7) is 8.11. The third kappa shape index (κ3) is 3.88. The second-order valence-corrected chi connectivity index (χ2v) is 9.08. The Kier molecular flexibility index (Phi) is 5.18. The number of thiophene rings is 1. The number of fused-ring (bicyclic) bond motifs is 1. The van der Waals surface area contributed by atoms with E-state index < -0.39 is 0 Å². The first kappa shape index (κ1) is 18.2. The van der Waals surface area contributed by atoms with Crippen molar-refractivity contribution in [1.29, 1.82) is 0 Å². The third-order valence-corrected chi connectivity index (χ3v) is 6.54. The van der Waals surface area contributed by atoms with Crippen LogP contribution in [-0.2, 0) is 24.2 Å². The van der Waals surface area contributed by atoms with Crippen molar-refractivity contribution >= 4 is 33.2 Å². The van der Waals surface area contributed by atoms with Crippen LogP contribution in [0.5, 0.6) is 0 Å². The maximum absolute atomic E-state index is 12.6. The monoisotopic (exact) mass is 438 g/mol. The molecule has 0 aliphatic carbocycles. The molecular weight excluding hydrogens is 416 g/mol. The topological polar surface area (TPSA) is 61.5 Å². The van der Waals surface area contributed by atoms with Crippen LogP contribution in [0.15, 0.2) is 20.7 Å². The predicted molar refractivity (Wildman–Crippen MR) is 107 cm³/mol. The molecule has 4 heterocycles. The summed E-state index contributed by atoms with van der Waals surface area (Å²) in [6.07, 6.45) is 1.02. The van der Waals surface area contributed by atoms with E-state index in [1.165, 1.54) is 4.88 Å². The fourth-order valence-electron chi connectivity index (χ4n) is 3.77. The molecule has 4 rings (SSSR count). The van der Waals surface area contributed by atoms with Gasteiger partial charge in [0.05, 0.1) is 17.9 Å². The first-order chi connectivity index (χ1) is 12.5. The lowest BCUT2D eigenvalue weighted by molar-refractivity contribution is -0.00576. The minimum absolute atomic E-state index is 0.00955. The van der Waals surface area contributed by atoms with E-state index in [4.69, 9.17) is 9.72 Å². The van der Waals surface area contributed by atoms with Crippen LogP contribution >= 0.6 is 27.3 Å². The lowest BCUT2D eigenvalue weighted by Gasteiger charge is -2.36. The highest BCUT2D eigenvalue weighted by atomic mass is 79.9. The molecule has 1 N–H and O–H groups in total. The molecule has 0 amide bonds. The molecule has 0 unspecified atom stereocenters. The van der Waals surface area contributed by atoms with Gasteiger partial charge in [0.2, 0.25) is 5.95 Å². The lowest BCUT2D eigenvalue weighted by Crippen LogP contribution is -2.47. The van der Waals surface area contributed by atoms with Crippen molar-refractivity contribution in [2.45, 2.75) is 45.6 Å². The Hall–Kier alpha value is -1.22. The summed E-state index contributed by atoms with van der Waals surface area (Å²) in [7, 11) is 0. The first-order valence-corrected chi connectivity index (χ1v) is 10.6. The summed E-state index contributed by atoms with van der Waals surface area (Å²) in [4.78, 5) is 26.2. The van der Waals surface area contributed by atoms with E-state index in [1.807, 2.05) is 0 Å². The van der Waals surface area contributed by atoms with Crippen molar-refractivity contribution in [1.82, 2.24) is 14.9 Å². The molecule has 2 aliphatic rings. The van der Waals surface area contributed by atoms with Gasteiger partial charge < -0.3 is 9.64 Å². The largest absolute Gasteiger partial charge is 0.372 e. The van der Waals surface area contributed by atoms with Gasteiger partial charge in [-0.1, -0.05) is 0 Å². The summed E-state index contributed by atoms with van der Waals surface area (Å²) in [5.41, 5.74) is 1.76. The minimum Gasteiger partial charge on any atom is -0.372 e. The average Bonchev–Trinajstić information content (AvgIpc) is 2.98. The molecule has 0 spiro atoms. The van der Waals surface area contributed by atoms with Crippen LogP contribution in [0.25, 0.3) is 0 Å². The maximum Gasteiger partial charge on any atom is 0.255 e. The molecule has 8 heteroatoms. The number of aromatic nitrogens is 2. The van der Waals surface area contributed by atoms with Crippen LogP contribution in [-0.4, -0.2) is 46.7 Å². The SMILES string of the molecule is C[C@H]1CN(c2nc3c(c(=O)[nH]2)CCN(Cc2cc(Br)cs2)C3)C[C@H](C)O1. The molecule has 2 aromatic rings. The average molecular weight is 439 g/mol. The zero-order valence-electron chi connectivity index (χ0n) is 15.0. The zero-order valence-corrected chi connectivity index (χ0v) is 17.4. The van der Waals surface area contributed by atoms with E-state index in [9.17, 15) is 4.79 Å². The summed E-state index contributed by atoms with van der Waals surface area (Å²) >= 11 is 5.27. The number of nitrogens with zero attached hydrogens (tertiary/aromatic N) is 3. The Balaban J connectivity index is 1.55. The van der Waals surface area contributed by atoms with E-state index in [1.54, 1.807) is 11.3 Å². The number of hydrogen-bond donors (Lipinski definition) is 1. The van der Waals surface area contributed by atoms with Crippen LogP contribution in [0.3, 0.4) is 0 Å². The number of nitrogens with one attached hydrogen (secondary N) is 1. The summed E-state index contributed by atoms with van der Waals surface area (Å²) in [5.74, 6) is 0.677. The molecule has 1 saturated heterocycles. The fraction of sp³-hybridized carbons (Fsp3) is 0.556. The van der Waals surface area contributed by atoms with Crippen LogP contribution in [0, 0.1) is 0 Å². The summed E-state index contributed by atoms with van der Waals surface area (Å²) in [5, 5.41) is 2.11. The van der Waals surface area contributed by atoms with E-state index in [-0.39, 0.29) is 17.8 Å². The Bertz CT molecular complexity index is 842. The minimum atomic E-state index is 0.00955. The molecular formula is C18H23BrN4O2S. The molecule has 140 valence electrons. The van der Waals surface area contributed by atoms with Gasteiger partial charge in [-0.05, 0) is 42.3 Å². The van der Waals surface area contributed by atoms with E-state index in [0.717, 1.165) is 54.9 Å². The van der Waals surface area contributed by atoms with Crippen molar-refractivity contribution in [3.8, 4) is 0 Å². The number of halogens is 1. The number of ether oxygens (including phenoxy) is 1. The van der Waals surface area contributed by atoms with Gasteiger partial charge in [0, 0.05) is 53.0 Å². The molecule has 2 aliphatic heterocycles. The quantitative estimate of drug-likeness (QED) is 0.797. The highest BCUT2D eigenvalue weighted by molar-refractivity contribution is 9.10. The number of rotatable bonds is 3. The van der Waals surface area contributed by atoms with Crippen LogP contribution in [0.1, 0.15) is 30.0 Å². The molecule has 0 radical (unpaired) electrons. The highest BCUT2D eigenvalue weighted by Gasteiger charge is 2.27. The molecule has 2 atom stereocenters. The normalized spacial score (nSPS) is 23.9. The standard InChI is InChI=1S/C18H23BrN4O2S/c1-11-6-23(7-12(2)25-11)18-20-16-9-22(4-3-15(16)17(24)21-18)8-14-5-13(19)10-26-14/h5,10-12H,3-4,6-9H2,1-2H3,(H,20,21,24)/t11-,12-/m0/s1. The summed E-state index contributed by atoms with van der Waals surface area (Å²) < 4.78 is 6.92. The van der Waals surface area contributed by atoms with Crippen LogP contribution in [0.2, 0.25) is 0 Å². The molecule has 0 saturated carbocycles. The molecule has 1 fully saturated rings. The van der Waals surface area contributed by atoms with Gasteiger partial charge in [0.15, 0.2) is 0 Å². The first-order valence-electron chi connectivity index (χ1n) is 8.95. The summed E-state index contributed by atoms with van der Waals surface area (Å²) in [6, 6.07) is 2.16. The molecule has 0 aromatic carbocycles. The maximum atomic E-state index is 12.6. The van der Waals surface area contributed by atoms with Crippen molar-refractivity contribution < 1.29 is 4.74 Å².